The molecular weight excluding hydrogens is 716 g/mol. The normalized spacial score (nSPS) is 10.9. The maximum absolute atomic E-state index is 12.8. The molecule has 0 spiro atoms. The molecule has 0 aromatic heterocycles. The van der Waals surface area contributed by atoms with Crippen LogP contribution in [0.5, 0.6) is 0 Å². The van der Waals surface area contributed by atoms with Crippen LogP contribution < -0.4 is 21.7 Å². The Balaban J connectivity index is 0.000000316. The van der Waals surface area contributed by atoms with Crippen LogP contribution in [0.4, 0.5) is 9.59 Å². The first kappa shape index (κ1) is 46.0. The van der Waals surface area contributed by atoms with Gasteiger partial charge in [-0.25, -0.2) is 9.59 Å². The van der Waals surface area contributed by atoms with E-state index in [9.17, 15) is 19.2 Å². The van der Waals surface area contributed by atoms with Gasteiger partial charge < -0.3 is 31.2 Å². The average Bonchev–Trinajstić information content (AvgIpc) is 3.13. The predicted molar refractivity (Wildman–Crippen MR) is 220 cm³/mol. The van der Waals surface area contributed by atoms with E-state index in [0.717, 1.165) is 28.7 Å². The summed E-state index contributed by atoms with van der Waals surface area (Å²) in [6.45, 7) is 13.0. The summed E-state index contributed by atoms with van der Waals surface area (Å²) in [5.41, 5.74) is 8.06. The zero-order chi connectivity index (χ0) is 40.7. The summed E-state index contributed by atoms with van der Waals surface area (Å²) < 4.78 is 10.2. The first-order chi connectivity index (χ1) is 26.1. The van der Waals surface area contributed by atoms with Crippen LogP contribution >= 0.6 is 11.6 Å². The molecule has 0 saturated carbocycles. The van der Waals surface area contributed by atoms with E-state index >= 15 is 0 Å². The van der Waals surface area contributed by atoms with Crippen molar-refractivity contribution in [1.82, 2.24) is 16.0 Å². The summed E-state index contributed by atoms with van der Waals surface area (Å²) in [5, 5.41) is 7.91. The van der Waals surface area contributed by atoms with Crippen molar-refractivity contribution in [3.8, 4) is 0 Å². The summed E-state index contributed by atoms with van der Waals surface area (Å²) in [4.78, 5) is 46.9. The number of alkyl carbamates (subject to hydrolysis) is 2. The van der Waals surface area contributed by atoms with E-state index in [1.165, 1.54) is 0 Å². The number of carbonyl (C=O) groups is 4. The van der Waals surface area contributed by atoms with Crippen molar-refractivity contribution in [1.29, 1.82) is 0 Å². The topological polar surface area (TPSA) is 149 Å². The van der Waals surface area contributed by atoms with Gasteiger partial charge in [0.25, 0.3) is 0 Å². The molecule has 0 aliphatic rings. The zero-order valence-corrected chi connectivity index (χ0v) is 33.6. The van der Waals surface area contributed by atoms with Crippen LogP contribution in [0.3, 0.4) is 0 Å². The number of nitrogens with one attached hydrogen (secondary N) is 3. The fourth-order valence-corrected chi connectivity index (χ4v) is 5.30. The molecule has 11 heteroatoms. The highest BCUT2D eigenvalue weighted by Crippen LogP contribution is 2.27. The highest BCUT2D eigenvalue weighted by Gasteiger charge is 2.23. The molecule has 296 valence electrons. The molecule has 0 atom stereocenters. The van der Waals surface area contributed by atoms with E-state index in [2.05, 4.69) is 16.0 Å². The van der Waals surface area contributed by atoms with Gasteiger partial charge in [-0.3, -0.25) is 9.59 Å². The van der Waals surface area contributed by atoms with Gasteiger partial charge in [0.2, 0.25) is 11.1 Å². The maximum atomic E-state index is 12.8. The van der Waals surface area contributed by atoms with Crippen LogP contribution in [0, 0.1) is 0 Å². The number of carbonyl (C=O) groups excluding carboxylic acids is 4. The van der Waals surface area contributed by atoms with E-state index in [1.54, 1.807) is 0 Å². The van der Waals surface area contributed by atoms with Crippen LogP contribution in [0.2, 0.25) is 0 Å². The molecule has 0 aliphatic carbocycles. The van der Waals surface area contributed by atoms with Crippen LogP contribution in [-0.2, 0) is 19.1 Å². The van der Waals surface area contributed by atoms with Crippen molar-refractivity contribution < 1.29 is 28.7 Å². The number of ether oxygens (including phenoxy) is 2. The lowest BCUT2D eigenvalue weighted by atomic mass is 9.90. The molecule has 4 aromatic rings. The Morgan fingerprint density at radius 2 is 0.836 bits per heavy atom. The van der Waals surface area contributed by atoms with Crippen LogP contribution in [0.15, 0.2) is 121 Å². The Morgan fingerprint density at radius 1 is 0.527 bits per heavy atom. The lowest BCUT2D eigenvalue weighted by Gasteiger charge is -2.20. The van der Waals surface area contributed by atoms with Gasteiger partial charge >= 0.3 is 12.2 Å². The molecular formula is C44H57ClN4O6. The third-order valence-corrected chi connectivity index (χ3v) is 7.61. The summed E-state index contributed by atoms with van der Waals surface area (Å²) >= 11 is 5.67. The molecule has 0 bridgehead atoms. The second-order valence-electron chi connectivity index (χ2n) is 14.5. The fourth-order valence-electron chi connectivity index (χ4n) is 5.05. The van der Waals surface area contributed by atoms with Crippen molar-refractivity contribution in [2.75, 3.05) is 26.2 Å². The number of amides is 3. The first-order valence-electron chi connectivity index (χ1n) is 18.4. The zero-order valence-electron chi connectivity index (χ0n) is 32.8. The summed E-state index contributed by atoms with van der Waals surface area (Å²) in [6.07, 6.45) is 0.580. The van der Waals surface area contributed by atoms with E-state index in [1.807, 2.05) is 163 Å². The number of hydrogen-bond donors (Lipinski definition) is 4. The Hall–Kier alpha value is -5.19. The van der Waals surface area contributed by atoms with E-state index in [-0.39, 0.29) is 29.1 Å². The van der Waals surface area contributed by atoms with Crippen LogP contribution in [-0.4, -0.2) is 60.7 Å². The Bertz CT molecular complexity index is 1620. The number of benzene rings is 4. The van der Waals surface area contributed by atoms with Gasteiger partial charge in [0.15, 0.2) is 0 Å². The lowest BCUT2D eigenvalue weighted by Crippen LogP contribution is -2.35. The second kappa shape index (κ2) is 24.3. The number of hydrogen-bond acceptors (Lipinski definition) is 7. The predicted octanol–water partition coefficient (Wildman–Crippen LogP) is 8.29. The molecule has 0 aliphatic heterocycles. The van der Waals surface area contributed by atoms with E-state index < -0.39 is 17.3 Å². The largest absolute Gasteiger partial charge is 0.444 e. The molecule has 55 heavy (non-hydrogen) atoms. The summed E-state index contributed by atoms with van der Waals surface area (Å²) in [6, 6.07) is 38.6. The standard InChI is InChI=1S/C22H28N2O3.C14H11ClO.C8H18N2O2/c1-22(2,3)27-21(26)24-16-10-15-23-20(25)19(17-11-6-4-7-12-17)18-13-8-5-9-14-18;15-14(16)13(11-7-3-1-4-8-11)12-9-5-2-6-10-12;1-8(2,3)12-7(11)10-6-4-5-9/h4-9,11-14,19H,10,15-16H2,1-3H3,(H,23,25)(H,24,26);1-10,13H;4-6,9H2,1-3H3,(H,10,11). The van der Waals surface area contributed by atoms with Gasteiger partial charge in [-0.1, -0.05) is 121 Å². The number of rotatable bonds is 13. The quantitative estimate of drug-likeness (QED) is 0.0789. The molecule has 3 amide bonds. The van der Waals surface area contributed by atoms with Gasteiger partial charge in [-0.2, -0.15) is 0 Å². The number of halogens is 1. The molecule has 4 aromatic carbocycles. The molecule has 0 radical (unpaired) electrons. The summed E-state index contributed by atoms with van der Waals surface area (Å²) in [5.74, 6) is -0.778. The number of nitrogens with two attached hydrogens (primary N) is 1. The molecule has 0 heterocycles. The molecule has 0 saturated heterocycles. The van der Waals surface area contributed by atoms with E-state index in [4.69, 9.17) is 26.8 Å². The van der Waals surface area contributed by atoms with E-state index in [0.29, 0.717) is 32.6 Å². The maximum Gasteiger partial charge on any atom is 0.407 e. The van der Waals surface area contributed by atoms with Crippen molar-refractivity contribution in [3.05, 3.63) is 144 Å². The molecule has 5 N–H and O–H groups in total. The van der Waals surface area contributed by atoms with Crippen LogP contribution in [0.1, 0.15) is 88.5 Å². The minimum Gasteiger partial charge on any atom is -0.444 e. The van der Waals surface area contributed by atoms with Gasteiger partial charge in [-0.15, -0.1) is 0 Å². The highest BCUT2D eigenvalue weighted by atomic mass is 35.5. The molecule has 10 nitrogen and oxygen atoms in total. The van der Waals surface area contributed by atoms with Crippen molar-refractivity contribution in [2.24, 2.45) is 5.73 Å². The van der Waals surface area contributed by atoms with Crippen LogP contribution in [0.25, 0.3) is 0 Å². The van der Waals surface area contributed by atoms with Gasteiger partial charge in [0.1, 0.15) is 11.2 Å². The Labute approximate surface area is 331 Å². The van der Waals surface area contributed by atoms with Crippen molar-refractivity contribution in [2.45, 2.75) is 77.4 Å². The third kappa shape index (κ3) is 19.6. The average molecular weight is 773 g/mol. The lowest BCUT2D eigenvalue weighted by molar-refractivity contribution is -0.121. The van der Waals surface area contributed by atoms with Gasteiger partial charge in [-0.05, 0) is 94.8 Å². The third-order valence-electron chi connectivity index (χ3n) is 7.39. The van der Waals surface area contributed by atoms with Crippen molar-refractivity contribution in [3.63, 3.8) is 0 Å². The minimum absolute atomic E-state index is 0.0512. The highest BCUT2D eigenvalue weighted by molar-refractivity contribution is 6.65. The smallest absolute Gasteiger partial charge is 0.407 e. The Kier molecular flexibility index (Phi) is 20.3. The second-order valence-corrected chi connectivity index (χ2v) is 14.8. The Morgan fingerprint density at radius 3 is 1.15 bits per heavy atom. The fraction of sp³-hybridized carbons (Fsp3) is 0.364. The SMILES string of the molecule is CC(C)(C)OC(=O)NCCCN.CC(C)(C)OC(=O)NCCCNC(=O)C(c1ccccc1)c1ccccc1.O=C(Cl)C(c1ccccc1)c1ccccc1. The molecule has 4 rings (SSSR count). The first-order valence-corrected chi connectivity index (χ1v) is 18.8. The van der Waals surface area contributed by atoms with Gasteiger partial charge in [0, 0.05) is 19.6 Å². The van der Waals surface area contributed by atoms with Gasteiger partial charge in [0.05, 0.1) is 11.8 Å². The summed E-state index contributed by atoms with van der Waals surface area (Å²) in [7, 11) is 0. The monoisotopic (exact) mass is 772 g/mol. The molecule has 0 unspecified atom stereocenters. The van der Waals surface area contributed by atoms with Crippen molar-refractivity contribution >= 4 is 34.9 Å². The minimum atomic E-state index is -0.517. The molecule has 0 fully saturated rings.